The number of pyridine rings is 1. The lowest BCUT2D eigenvalue weighted by Gasteiger charge is -2.44. The largest absolute Gasteiger partial charge is 0.503 e. The zero-order chi connectivity index (χ0) is 22.7. The molecule has 31 heavy (non-hydrogen) atoms. The number of fused-ring (bicyclic) bond motifs is 3. The van der Waals surface area contributed by atoms with Gasteiger partial charge in [-0.1, -0.05) is 19.9 Å². The van der Waals surface area contributed by atoms with Crippen molar-refractivity contribution in [3.8, 4) is 5.75 Å². The van der Waals surface area contributed by atoms with E-state index in [0.29, 0.717) is 12.5 Å². The molecule has 7 nitrogen and oxygen atoms in total. The average molecular weight is 431 g/mol. The van der Waals surface area contributed by atoms with E-state index in [2.05, 4.69) is 10.2 Å². The molecule has 3 heterocycles. The molecule has 0 bridgehead atoms. The van der Waals surface area contributed by atoms with E-state index in [-0.39, 0.29) is 41.2 Å². The van der Waals surface area contributed by atoms with Crippen LogP contribution in [0.4, 0.5) is 8.78 Å². The van der Waals surface area contributed by atoms with Gasteiger partial charge in [-0.05, 0) is 19.5 Å². The summed E-state index contributed by atoms with van der Waals surface area (Å²) in [5.74, 6) is -3.51. The van der Waals surface area contributed by atoms with Gasteiger partial charge in [-0.3, -0.25) is 14.4 Å². The van der Waals surface area contributed by atoms with Crippen molar-refractivity contribution in [1.29, 1.82) is 0 Å². The Kier molecular flexibility index (Phi) is 4.96. The molecule has 0 radical (unpaired) electrons. The van der Waals surface area contributed by atoms with Crippen LogP contribution in [0, 0.1) is 17.0 Å². The van der Waals surface area contributed by atoms with Crippen molar-refractivity contribution < 1.29 is 23.5 Å². The molecule has 1 fully saturated rings. The Bertz CT molecular complexity index is 1160. The van der Waals surface area contributed by atoms with E-state index < -0.39 is 34.1 Å². The highest BCUT2D eigenvalue weighted by atomic mass is 19.1. The van der Waals surface area contributed by atoms with E-state index in [0.717, 1.165) is 12.6 Å². The van der Waals surface area contributed by atoms with Gasteiger partial charge in [0.15, 0.2) is 11.5 Å². The lowest BCUT2D eigenvalue weighted by molar-refractivity contribution is 0.0540. The average Bonchev–Trinajstić information content (AvgIpc) is 3.10. The number of nitrogens with one attached hydrogen (secondary N) is 1. The smallest absolute Gasteiger partial charge is 0.257 e. The zero-order valence-corrected chi connectivity index (χ0v) is 17.4. The molecule has 2 N–H and O–H groups in total. The van der Waals surface area contributed by atoms with Gasteiger partial charge in [-0.15, -0.1) is 0 Å². The highest BCUT2D eigenvalue weighted by Gasteiger charge is 2.53. The summed E-state index contributed by atoms with van der Waals surface area (Å²) in [7, 11) is 1.91. The maximum absolute atomic E-state index is 13.8. The first kappa shape index (κ1) is 21.2. The molecule has 1 aromatic heterocycles. The number of benzene rings is 1. The molecular formula is C22H23F2N3O4. The van der Waals surface area contributed by atoms with E-state index in [1.807, 2.05) is 7.05 Å². The van der Waals surface area contributed by atoms with E-state index in [4.69, 9.17) is 0 Å². The molecule has 0 aliphatic carbocycles. The number of aromatic nitrogens is 1. The molecule has 4 rings (SSSR count). The Labute approximate surface area is 177 Å². The first-order valence-corrected chi connectivity index (χ1v) is 9.99. The molecule has 0 spiro atoms. The molecule has 9 heteroatoms. The minimum absolute atomic E-state index is 0.0476. The quantitative estimate of drug-likeness (QED) is 0.778. The first-order valence-electron chi connectivity index (χ1n) is 9.99. The van der Waals surface area contributed by atoms with Crippen LogP contribution in [0.2, 0.25) is 0 Å². The predicted molar refractivity (Wildman–Crippen MR) is 108 cm³/mol. The highest BCUT2D eigenvalue weighted by molar-refractivity contribution is 6.03. The number of carbonyl (C=O) groups excluding carboxylic acids is 2. The second-order valence-electron chi connectivity index (χ2n) is 8.73. The number of carbonyl (C=O) groups is 2. The van der Waals surface area contributed by atoms with Crippen molar-refractivity contribution in [3.63, 3.8) is 0 Å². The van der Waals surface area contributed by atoms with E-state index in [9.17, 15) is 28.3 Å². The third-order valence-corrected chi connectivity index (χ3v) is 6.42. The van der Waals surface area contributed by atoms with Crippen LogP contribution in [0.25, 0.3) is 0 Å². The zero-order valence-electron chi connectivity index (χ0n) is 17.4. The molecular weight excluding hydrogens is 408 g/mol. The fourth-order valence-electron chi connectivity index (χ4n) is 4.89. The molecule has 1 aromatic carbocycles. The summed E-state index contributed by atoms with van der Waals surface area (Å²) in [6, 6.07) is 2.61. The van der Waals surface area contributed by atoms with Crippen molar-refractivity contribution in [3.05, 3.63) is 63.1 Å². The molecule has 1 amide bonds. The van der Waals surface area contributed by atoms with Crippen LogP contribution in [0.3, 0.4) is 0 Å². The van der Waals surface area contributed by atoms with Crippen molar-refractivity contribution >= 4 is 11.7 Å². The monoisotopic (exact) mass is 431 g/mol. The van der Waals surface area contributed by atoms with Gasteiger partial charge >= 0.3 is 0 Å². The molecule has 2 aliphatic heterocycles. The third-order valence-electron chi connectivity index (χ3n) is 6.42. The molecule has 1 saturated heterocycles. The van der Waals surface area contributed by atoms with Gasteiger partial charge in [-0.25, -0.2) is 8.78 Å². The Balaban J connectivity index is 1.71. The summed E-state index contributed by atoms with van der Waals surface area (Å²) in [5.41, 5.74) is -2.16. The molecule has 2 aliphatic rings. The Morgan fingerprint density at radius 3 is 2.68 bits per heavy atom. The van der Waals surface area contributed by atoms with Crippen molar-refractivity contribution in [2.75, 3.05) is 13.6 Å². The number of hydrogen-bond donors (Lipinski definition) is 2. The van der Waals surface area contributed by atoms with Gasteiger partial charge in [0.2, 0.25) is 5.43 Å². The molecule has 2 unspecified atom stereocenters. The van der Waals surface area contributed by atoms with Gasteiger partial charge in [0.05, 0.1) is 6.04 Å². The van der Waals surface area contributed by atoms with Crippen LogP contribution in [0.1, 0.15) is 52.7 Å². The summed E-state index contributed by atoms with van der Waals surface area (Å²) in [6.45, 7) is 4.04. The summed E-state index contributed by atoms with van der Waals surface area (Å²) in [5, 5.41) is 13.0. The van der Waals surface area contributed by atoms with Gasteiger partial charge < -0.3 is 19.9 Å². The standard InChI is InChI=1S/C22H23F2N3O4/c1-22(2)19-15(6-7-26(19)3)27-10-13(17(28)18(29)16(27)20(22)30)21(31)25-9-11-4-5-12(23)8-14(11)24/h4-5,8,10,15,19,29H,6-7,9H2,1-3H3,(H,25,31). The molecule has 164 valence electrons. The van der Waals surface area contributed by atoms with Gasteiger partial charge in [-0.2, -0.15) is 0 Å². The minimum atomic E-state index is -0.961. The van der Waals surface area contributed by atoms with E-state index in [1.165, 1.54) is 16.8 Å². The van der Waals surface area contributed by atoms with Gasteiger partial charge in [0, 0.05) is 42.4 Å². The maximum Gasteiger partial charge on any atom is 0.257 e. The van der Waals surface area contributed by atoms with E-state index >= 15 is 0 Å². The number of halogens is 2. The number of hydrogen-bond acceptors (Lipinski definition) is 5. The van der Waals surface area contributed by atoms with Crippen LogP contribution in [-0.4, -0.2) is 45.9 Å². The number of rotatable bonds is 3. The Hall–Kier alpha value is -3.07. The summed E-state index contributed by atoms with van der Waals surface area (Å²) < 4.78 is 28.4. The Morgan fingerprint density at radius 1 is 1.29 bits per heavy atom. The fraction of sp³-hybridized carbons (Fsp3) is 0.409. The van der Waals surface area contributed by atoms with Crippen LogP contribution >= 0.6 is 0 Å². The number of ketones is 1. The van der Waals surface area contributed by atoms with Crippen LogP contribution in [0.15, 0.2) is 29.2 Å². The topological polar surface area (TPSA) is 91.6 Å². The number of aromatic hydroxyl groups is 1. The normalized spacial score (nSPS) is 22.2. The summed E-state index contributed by atoms with van der Waals surface area (Å²) in [4.78, 5) is 40.6. The number of likely N-dealkylation sites (tertiary alicyclic amines) is 1. The number of nitrogens with zero attached hydrogens (tertiary/aromatic N) is 2. The van der Waals surface area contributed by atoms with Crippen molar-refractivity contribution in [2.45, 2.75) is 38.9 Å². The van der Waals surface area contributed by atoms with Crippen LogP contribution < -0.4 is 10.7 Å². The second-order valence-corrected chi connectivity index (χ2v) is 8.73. The second kappa shape index (κ2) is 7.26. The van der Waals surface area contributed by atoms with Crippen molar-refractivity contribution in [2.24, 2.45) is 5.41 Å². The number of Topliss-reactive ketones (excluding diaryl/α,β-unsaturated/α-hetero) is 1. The summed E-state index contributed by atoms with van der Waals surface area (Å²) in [6.07, 6.45) is 1.99. The number of amides is 1. The Morgan fingerprint density at radius 2 is 2.00 bits per heavy atom. The van der Waals surface area contributed by atoms with Crippen molar-refractivity contribution in [1.82, 2.24) is 14.8 Å². The van der Waals surface area contributed by atoms with E-state index in [1.54, 1.807) is 13.8 Å². The third kappa shape index (κ3) is 3.23. The molecule has 2 atom stereocenters. The molecule has 0 saturated carbocycles. The first-order chi connectivity index (χ1) is 14.5. The maximum atomic E-state index is 13.8. The molecule has 2 aromatic rings. The predicted octanol–water partition coefficient (Wildman–Crippen LogP) is 2.23. The minimum Gasteiger partial charge on any atom is -0.503 e. The highest BCUT2D eigenvalue weighted by Crippen LogP contribution is 2.46. The lowest BCUT2D eigenvalue weighted by atomic mass is 9.72. The van der Waals surface area contributed by atoms with Gasteiger partial charge in [0.1, 0.15) is 22.9 Å². The van der Waals surface area contributed by atoms with Crippen LogP contribution in [0.5, 0.6) is 5.75 Å². The fourth-order valence-corrected chi connectivity index (χ4v) is 4.89. The lowest BCUT2D eigenvalue weighted by Crippen LogP contribution is -2.52. The summed E-state index contributed by atoms with van der Waals surface area (Å²) >= 11 is 0. The number of likely N-dealkylation sites (N-methyl/N-ethyl adjacent to an activating group) is 1. The van der Waals surface area contributed by atoms with Gasteiger partial charge in [0.25, 0.3) is 5.91 Å². The SMILES string of the molecule is CN1CCC2C1C(C)(C)C(=O)c1c(O)c(=O)c(C(=O)NCc3ccc(F)cc3F)cn12. The van der Waals surface area contributed by atoms with Crippen LogP contribution in [-0.2, 0) is 6.54 Å².